The van der Waals surface area contributed by atoms with Crippen molar-refractivity contribution in [2.24, 2.45) is 0 Å². The van der Waals surface area contributed by atoms with Gasteiger partial charge in [0.2, 0.25) is 0 Å². The van der Waals surface area contributed by atoms with Crippen LogP contribution in [0, 0.1) is 0 Å². The largest absolute Gasteiger partial charge is 0.421 e. The third-order valence-electron chi connectivity index (χ3n) is 3.83. The molecule has 23 heavy (non-hydrogen) atoms. The van der Waals surface area contributed by atoms with Crippen molar-refractivity contribution in [2.75, 3.05) is 18.0 Å². The Morgan fingerprint density at radius 2 is 1.87 bits per heavy atom. The highest BCUT2D eigenvalue weighted by atomic mass is 32.1. The maximum atomic E-state index is 12.0. The number of anilines is 1. The Kier molecular flexibility index (Phi) is 4.63. The van der Waals surface area contributed by atoms with E-state index in [-0.39, 0.29) is 5.97 Å². The van der Waals surface area contributed by atoms with Gasteiger partial charge in [0.1, 0.15) is 5.76 Å². The topological polar surface area (TPSA) is 29.5 Å². The molecule has 2 heterocycles. The molecule has 0 spiro atoms. The number of ether oxygens (including phenoxy) is 1. The van der Waals surface area contributed by atoms with Gasteiger partial charge in [-0.2, -0.15) is 0 Å². The van der Waals surface area contributed by atoms with Crippen LogP contribution < -0.4 is 4.90 Å². The molecule has 0 atom stereocenters. The lowest BCUT2D eigenvalue weighted by Crippen LogP contribution is -2.21. The van der Waals surface area contributed by atoms with Crippen molar-refractivity contribution in [2.45, 2.75) is 13.8 Å². The van der Waals surface area contributed by atoms with Crippen molar-refractivity contribution >= 4 is 34.8 Å². The second kappa shape index (κ2) is 6.84. The molecule has 1 aromatic heterocycles. The molecule has 3 nitrogen and oxygen atoms in total. The number of thiophene rings is 1. The normalized spacial score (nSPS) is 15.7. The molecule has 1 aliphatic heterocycles. The zero-order valence-electron chi connectivity index (χ0n) is 13.3. The van der Waals surface area contributed by atoms with Crippen molar-refractivity contribution in [1.29, 1.82) is 0 Å². The van der Waals surface area contributed by atoms with E-state index in [1.807, 2.05) is 41.8 Å². The zero-order chi connectivity index (χ0) is 16.2. The summed E-state index contributed by atoms with van der Waals surface area (Å²) >= 11 is 1.56. The van der Waals surface area contributed by atoms with Crippen molar-refractivity contribution in [1.82, 2.24) is 0 Å². The molecule has 0 fully saturated rings. The molecule has 2 aromatic rings. The van der Waals surface area contributed by atoms with Gasteiger partial charge in [-0.1, -0.05) is 18.2 Å². The summed E-state index contributed by atoms with van der Waals surface area (Å²) in [4.78, 5) is 15.3. The minimum Gasteiger partial charge on any atom is -0.421 e. The van der Waals surface area contributed by atoms with Crippen LogP contribution in [-0.2, 0) is 9.53 Å². The summed E-state index contributed by atoms with van der Waals surface area (Å²) in [5.41, 5.74) is 2.78. The fourth-order valence-corrected chi connectivity index (χ4v) is 3.26. The van der Waals surface area contributed by atoms with Gasteiger partial charge in [-0.05, 0) is 55.1 Å². The minimum atomic E-state index is -0.291. The van der Waals surface area contributed by atoms with Crippen molar-refractivity contribution in [3.8, 4) is 0 Å². The average molecular weight is 325 g/mol. The first-order valence-electron chi connectivity index (χ1n) is 7.75. The van der Waals surface area contributed by atoms with E-state index >= 15 is 0 Å². The fraction of sp³-hybridized carbons (Fsp3) is 0.211. The van der Waals surface area contributed by atoms with Crippen LogP contribution >= 0.6 is 11.3 Å². The van der Waals surface area contributed by atoms with Gasteiger partial charge in [-0.3, -0.25) is 0 Å². The lowest BCUT2D eigenvalue weighted by molar-refractivity contribution is -0.130. The lowest BCUT2D eigenvalue weighted by Gasteiger charge is -2.20. The van der Waals surface area contributed by atoms with E-state index in [1.165, 1.54) is 5.69 Å². The van der Waals surface area contributed by atoms with Gasteiger partial charge in [0.25, 0.3) is 0 Å². The summed E-state index contributed by atoms with van der Waals surface area (Å²) in [7, 11) is 0. The predicted octanol–water partition coefficient (Wildman–Crippen LogP) is 4.58. The Balaban J connectivity index is 1.82. The molecule has 0 bridgehead atoms. The second-order valence-corrected chi connectivity index (χ2v) is 6.19. The molecule has 1 aliphatic rings. The van der Waals surface area contributed by atoms with Gasteiger partial charge >= 0.3 is 5.97 Å². The number of esters is 1. The van der Waals surface area contributed by atoms with Crippen LogP contribution in [0.2, 0.25) is 0 Å². The van der Waals surface area contributed by atoms with E-state index in [2.05, 4.69) is 30.9 Å². The number of nitrogens with zero attached hydrogens (tertiary/aromatic N) is 1. The average Bonchev–Trinajstić information content (AvgIpc) is 3.21. The zero-order valence-corrected chi connectivity index (χ0v) is 14.1. The molecule has 0 radical (unpaired) electrons. The third kappa shape index (κ3) is 3.37. The van der Waals surface area contributed by atoms with E-state index in [0.717, 1.165) is 23.5 Å². The third-order valence-corrected chi connectivity index (χ3v) is 4.72. The maximum absolute atomic E-state index is 12.0. The van der Waals surface area contributed by atoms with E-state index in [9.17, 15) is 4.79 Å². The predicted molar refractivity (Wildman–Crippen MR) is 96.4 cm³/mol. The second-order valence-electron chi connectivity index (χ2n) is 5.24. The van der Waals surface area contributed by atoms with E-state index < -0.39 is 0 Å². The van der Waals surface area contributed by atoms with Crippen LogP contribution in [0.25, 0.3) is 11.8 Å². The lowest BCUT2D eigenvalue weighted by atomic mass is 10.1. The first-order chi connectivity index (χ1) is 11.2. The molecule has 118 valence electrons. The fourth-order valence-electron chi connectivity index (χ4n) is 2.58. The quantitative estimate of drug-likeness (QED) is 0.595. The summed E-state index contributed by atoms with van der Waals surface area (Å²) in [6.07, 6.45) is 3.68. The number of carbonyl (C=O) groups excluding carboxylic acids is 1. The summed E-state index contributed by atoms with van der Waals surface area (Å²) in [5.74, 6) is 0.345. The Labute approximate surface area is 140 Å². The number of rotatable bonds is 5. The van der Waals surface area contributed by atoms with Crippen LogP contribution in [0.15, 0.2) is 53.4 Å². The van der Waals surface area contributed by atoms with Crippen molar-refractivity contribution in [3.05, 3.63) is 63.9 Å². The summed E-state index contributed by atoms with van der Waals surface area (Å²) in [6, 6.07) is 12.1. The molecule has 0 saturated carbocycles. The minimum absolute atomic E-state index is 0.291. The van der Waals surface area contributed by atoms with Gasteiger partial charge < -0.3 is 9.64 Å². The highest BCUT2D eigenvalue weighted by Gasteiger charge is 2.22. The van der Waals surface area contributed by atoms with Crippen LogP contribution in [0.3, 0.4) is 0 Å². The Bertz CT molecular complexity index is 738. The summed E-state index contributed by atoms with van der Waals surface area (Å²) in [6.45, 7) is 6.25. The van der Waals surface area contributed by atoms with Gasteiger partial charge in [0, 0.05) is 18.8 Å². The number of hydrogen-bond donors (Lipinski definition) is 0. The van der Waals surface area contributed by atoms with E-state index in [1.54, 1.807) is 11.3 Å². The van der Waals surface area contributed by atoms with Gasteiger partial charge in [0.15, 0.2) is 0 Å². The van der Waals surface area contributed by atoms with E-state index in [4.69, 9.17) is 4.74 Å². The van der Waals surface area contributed by atoms with Crippen LogP contribution in [0.5, 0.6) is 0 Å². The van der Waals surface area contributed by atoms with Crippen molar-refractivity contribution in [3.63, 3.8) is 0 Å². The highest BCUT2D eigenvalue weighted by Crippen LogP contribution is 2.30. The van der Waals surface area contributed by atoms with Crippen LogP contribution in [0.1, 0.15) is 24.3 Å². The molecule has 0 unspecified atom stereocenters. The maximum Gasteiger partial charge on any atom is 0.343 e. The molecule has 0 amide bonds. The number of benzene rings is 1. The SMILES string of the molecule is CCN(CC)c1ccc(C=C2C=C(c3cccs3)OC2=O)cc1. The van der Waals surface area contributed by atoms with Gasteiger partial charge in [0.05, 0.1) is 10.5 Å². The summed E-state index contributed by atoms with van der Waals surface area (Å²) < 4.78 is 5.34. The Hall–Kier alpha value is -2.33. The standard InChI is InChI=1S/C19H19NO2S/c1-3-20(4-2)16-9-7-14(8-10-16)12-15-13-17(22-19(15)21)18-6-5-11-23-18/h5-13H,3-4H2,1-2H3. The van der Waals surface area contributed by atoms with Gasteiger partial charge in [-0.25, -0.2) is 4.79 Å². The van der Waals surface area contributed by atoms with Gasteiger partial charge in [-0.15, -0.1) is 11.3 Å². The first-order valence-corrected chi connectivity index (χ1v) is 8.63. The smallest absolute Gasteiger partial charge is 0.343 e. The molecule has 0 saturated heterocycles. The molecule has 4 heteroatoms. The molecule has 1 aromatic carbocycles. The number of cyclic esters (lactones) is 1. The summed E-state index contributed by atoms with van der Waals surface area (Å²) in [5, 5.41) is 1.97. The molecule has 3 rings (SSSR count). The Morgan fingerprint density at radius 1 is 1.13 bits per heavy atom. The van der Waals surface area contributed by atoms with Crippen molar-refractivity contribution < 1.29 is 9.53 Å². The first kappa shape index (κ1) is 15.6. The molecular formula is C19H19NO2S. The van der Waals surface area contributed by atoms with Crippen LogP contribution in [-0.4, -0.2) is 19.1 Å². The molecule has 0 aliphatic carbocycles. The van der Waals surface area contributed by atoms with E-state index in [0.29, 0.717) is 11.3 Å². The highest BCUT2D eigenvalue weighted by molar-refractivity contribution is 7.11. The monoisotopic (exact) mass is 325 g/mol. The number of carbonyl (C=O) groups is 1. The number of hydrogen-bond acceptors (Lipinski definition) is 4. The van der Waals surface area contributed by atoms with Crippen LogP contribution in [0.4, 0.5) is 5.69 Å². The molecule has 0 N–H and O–H groups in total. The molecular weight excluding hydrogens is 306 g/mol. The Morgan fingerprint density at radius 3 is 2.48 bits per heavy atom.